The van der Waals surface area contributed by atoms with Crippen LogP contribution in [0.2, 0.25) is 0 Å². The molecule has 0 amide bonds. The number of anilines is 1. The fraction of sp³-hybridized carbons (Fsp3) is 0.200. The minimum Gasteiger partial charge on any atom is -0.314 e. The lowest BCUT2D eigenvalue weighted by molar-refractivity contribution is 0.905. The van der Waals surface area contributed by atoms with Gasteiger partial charge in [0.05, 0.1) is 5.52 Å². The average Bonchev–Trinajstić information content (AvgIpc) is 3.78. The maximum atomic E-state index is 5.71. The van der Waals surface area contributed by atoms with Gasteiger partial charge in [0.25, 0.3) is 0 Å². The highest BCUT2D eigenvalue weighted by atomic mass is 15.2. The number of terminal acetylenes is 2. The van der Waals surface area contributed by atoms with Gasteiger partial charge in [-0.1, -0.05) is 179 Å². The zero-order valence-corrected chi connectivity index (χ0v) is 38.6. The first-order valence-corrected chi connectivity index (χ1v) is 21.8. The van der Waals surface area contributed by atoms with Crippen LogP contribution in [0.3, 0.4) is 0 Å². The number of allylic oxidation sites excluding steroid dienone is 18. The van der Waals surface area contributed by atoms with Gasteiger partial charge in [0.1, 0.15) is 0 Å². The summed E-state index contributed by atoms with van der Waals surface area (Å²) in [6.07, 6.45) is 48.0. The summed E-state index contributed by atoms with van der Waals surface area (Å²) in [4.78, 5) is 2.39. The van der Waals surface area contributed by atoms with Crippen molar-refractivity contribution in [1.29, 1.82) is 0 Å². The van der Waals surface area contributed by atoms with E-state index in [1.165, 1.54) is 55.1 Å². The molecule has 0 N–H and O–H groups in total. The Morgan fingerprint density at radius 2 is 1.50 bits per heavy atom. The molecule has 2 heteroatoms. The highest BCUT2D eigenvalue weighted by Crippen LogP contribution is 2.43. The molecule has 1 atom stereocenters. The number of nitrogens with zero attached hydrogens (tertiary/aromatic N) is 2. The van der Waals surface area contributed by atoms with E-state index in [9.17, 15) is 0 Å². The standard InChI is InChI=1S/C54H52N2.2C2H6.C2H2/c1-8-12-24-46(44-25-15-13-16-26-44)39-41(6)55-51(11-4)50(49-30-19-20-32-53(49)55)36-33-40(5)34-37-52-42(7)48-31-21-27-45(43(22-9-2)23-10-3)35-38-54(48)56(52)47-28-17-14-18-29-47;3*1-2/h2,8,10-26,28-32,34-39,48H,5,27,33H2,1,3-4,6-7H3;2*1-2H3;1-2H/b12-8-,23-10-,31-21?,37-34-,41-39+,43-22+,45-35+,46-24+,50-36-,51-11+,54-38+;;;. The van der Waals surface area contributed by atoms with Crippen LogP contribution in [-0.2, 0) is 0 Å². The van der Waals surface area contributed by atoms with Crippen molar-refractivity contribution < 1.29 is 0 Å². The van der Waals surface area contributed by atoms with Crippen molar-refractivity contribution in [2.75, 3.05) is 4.90 Å². The Hall–Kier alpha value is -7.00. The lowest BCUT2D eigenvalue weighted by Crippen LogP contribution is -2.28. The molecule has 2 heterocycles. The zero-order chi connectivity index (χ0) is 45.4. The van der Waals surface area contributed by atoms with E-state index in [4.69, 9.17) is 6.42 Å². The summed E-state index contributed by atoms with van der Waals surface area (Å²) in [6.45, 7) is 23.2. The maximum absolute atomic E-state index is 5.71. The van der Waals surface area contributed by atoms with Gasteiger partial charge in [-0.05, 0) is 118 Å². The molecule has 4 aromatic rings. The van der Waals surface area contributed by atoms with Gasteiger partial charge in [0.15, 0.2) is 0 Å². The maximum Gasteiger partial charge on any atom is 0.0537 e. The number of hydrogen-bond donors (Lipinski definition) is 0. The molecule has 62 heavy (non-hydrogen) atoms. The molecule has 0 saturated carbocycles. The van der Waals surface area contributed by atoms with Gasteiger partial charge in [-0.3, -0.25) is 0 Å². The normalized spacial score (nSPS) is 17.8. The lowest BCUT2D eigenvalue weighted by atomic mass is 9.92. The molecule has 2 aliphatic rings. The number of benzene rings is 3. The number of hydrogen-bond acceptors (Lipinski definition) is 1. The molecule has 1 unspecified atom stereocenters. The van der Waals surface area contributed by atoms with Crippen molar-refractivity contribution in [3.05, 3.63) is 220 Å². The van der Waals surface area contributed by atoms with E-state index in [0.717, 1.165) is 35.4 Å². The Labute approximate surface area is 374 Å². The van der Waals surface area contributed by atoms with E-state index >= 15 is 0 Å². The Bertz CT molecular complexity index is 2630. The van der Waals surface area contributed by atoms with Crippen molar-refractivity contribution in [2.45, 2.75) is 75.2 Å². The summed E-state index contributed by atoms with van der Waals surface area (Å²) in [5.74, 6) is 2.88. The van der Waals surface area contributed by atoms with Crippen LogP contribution in [0.1, 0.15) is 80.7 Å². The van der Waals surface area contributed by atoms with E-state index in [2.05, 4.69) is 220 Å². The molecule has 0 saturated heterocycles. The van der Waals surface area contributed by atoms with Crippen LogP contribution in [0.15, 0.2) is 204 Å². The van der Waals surface area contributed by atoms with Crippen molar-refractivity contribution >= 4 is 40.0 Å². The van der Waals surface area contributed by atoms with E-state index in [-0.39, 0.29) is 5.92 Å². The van der Waals surface area contributed by atoms with E-state index in [1.54, 1.807) is 0 Å². The summed E-state index contributed by atoms with van der Waals surface area (Å²) in [7, 11) is 0. The van der Waals surface area contributed by atoms with Gasteiger partial charge in [0, 0.05) is 44.7 Å². The topological polar surface area (TPSA) is 8.17 Å². The molecule has 0 bridgehead atoms. The van der Waals surface area contributed by atoms with E-state index in [0.29, 0.717) is 0 Å². The van der Waals surface area contributed by atoms with Crippen LogP contribution in [0.25, 0.3) is 34.3 Å². The van der Waals surface area contributed by atoms with Crippen molar-refractivity contribution in [3.63, 3.8) is 0 Å². The van der Waals surface area contributed by atoms with Gasteiger partial charge >= 0.3 is 0 Å². The van der Waals surface area contributed by atoms with Crippen LogP contribution < -0.4 is 15.5 Å². The highest BCUT2D eigenvalue weighted by Gasteiger charge is 2.32. The first-order valence-electron chi connectivity index (χ1n) is 21.8. The molecular formula is C60H66N2. The third-order valence-electron chi connectivity index (χ3n) is 10.3. The van der Waals surface area contributed by atoms with Gasteiger partial charge in [-0.2, -0.15) is 0 Å². The van der Waals surface area contributed by atoms with Gasteiger partial charge in [-0.25, -0.2) is 0 Å². The number of aromatic nitrogens is 1. The molecule has 316 valence electrons. The summed E-state index contributed by atoms with van der Waals surface area (Å²) >= 11 is 0. The predicted octanol–water partition coefficient (Wildman–Crippen LogP) is 14.9. The van der Waals surface area contributed by atoms with Gasteiger partial charge < -0.3 is 9.47 Å². The number of rotatable bonds is 11. The summed E-state index contributed by atoms with van der Waals surface area (Å²) in [6, 6.07) is 29.9. The molecule has 0 fully saturated rings. The monoisotopic (exact) mass is 815 g/mol. The second-order valence-corrected chi connectivity index (χ2v) is 14.0. The molecule has 0 spiro atoms. The first kappa shape index (κ1) is 49.4. The van der Waals surface area contributed by atoms with Crippen molar-refractivity contribution in [3.8, 4) is 25.2 Å². The average molecular weight is 815 g/mol. The smallest absolute Gasteiger partial charge is 0.0537 e. The third kappa shape index (κ3) is 12.1. The largest absolute Gasteiger partial charge is 0.314 e. The Kier molecular flexibility index (Phi) is 20.9. The molecular weight excluding hydrogens is 749 g/mol. The Morgan fingerprint density at radius 1 is 0.839 bits per heavy atom. The van der Waals surface area contributed by atoms with E-state index in [1.807, 2.05) is 53.7 Å². The molecule has 2 nitrogen and oxygen atoms in total. The van der Waals surface area contributed by atoms with Crippen molar-refractivity contribution in [2.24, 2.45) is 5.92 Å². The van der Waals surface area contributed by atoms with Crippen LogP contribution in [0, 0.1) is 31.1 Å². The molecule has 1 aromatic heterocycles. The molecule has 1 aliphatic heterocycles. The first-order chi connectivity index (χ1) is 30.4. The fourth-order valence-electron chi connectivity index (χ4n) is 7.65. The summed E-state index contributed by atoms with van der Waals surface area (Å²) in [5.41, 5.74) is 12.8. The Balaban J connectivity index is 0.00000163. The molecule has 3 aromatic carbocycles. The second kappa shape index (κ2) is 26.3. The minimum absolute atomic E-state index is 0.162. The van der Waals surface area contributed by atoms with Gasteiger partial charge in [-0.15, -0.1) is 19.3 Å². The fourth-order valence-corrected chi connectivity index (χ4v) is 7.65. The highest BCUT2D eigenvalue weighted by molar-refractivity contribution is 5.88. The second-order valence-electron chi connectivity index (χ2n) is 14.0. The van der Waals surface area contributed by atoms with Crippen LogP contribution in [0.4, 0.5) is 5.69 Å². The zero-order valence-electron chi connectivity index (χ0n) is 38.6. The minimum atomic E-state index is 0.162. The molecule has 1 aliphatic carbocycles. The third-order valence-corrected chi connectivity index (χ3v) is 10.3. The van der Waals surface area contributed by atoms with Crippen LogP contribution in [-0.4, -0.2) is 4.57 Å². The summed E-state index contributed by atoms with van der Waals surface area (Å²) in [5, 5.41) is 3.63. The van der Waals surface area contributed by atoms with Crippen LogP contribution >= 0.6 is 0 Å². The molecule has 0 radical (unpaired) electrons. The van der Waals surface area contributed by atoms with E-state index < -0.39 is 0 Å². The lowest BCUT2D eigenvalue weighted by Gasteiger charge is -2.25. The molecule has 6 rings (SSSR count). The summed E-state index contributed by atoms with van der Waals surface area (Å²) < 4.78 is 2.38. The van der Waals surface area contributed by atoms with Crippen LogP contribution in [0.5, 0.6) is 0 Å². The predicted molar refractivity (Wildman–Crippen MR) is 277 cm³/mol. The van der Waals surface area contributed by atoms with Gasteiger partial charge in [0.2, 0.25) is 0 Å². The number of para-hydroxylation sites is 2. The SMILES string of the molecule is C#C.C#C/C=C(\C=C/C)C1=C/C=C2\C(C=CC\1)C(C)=C(/C=C\C(=C)C/C=c1\c(=C/C)n(/C(C)=C/C(=C\C=C/C)c3ccccc3)c3ccccc13)N2c1ccccc1.CC.CC. The Morgan fingerprint density at radius 3 is 2.15 bits per heavy atom. The van der Waals surface area contributed by atoms with Crippen molar-refractivity contribution in [1.82, 2.24) is 4.57 Å². The number of fused-ring (bicyclic) bond motifs is 2. The quantitative estimate of drug-likeness (QED) is 0.0832.